The maximum atomic E-state index is 12.9. The van der Waals surface area contributed by atoms with Gasteiger partial charge in [-0.25, -0.2) is 17.7 Å². The maximum Gasteiger partial charge on any atom is 0.307 e. The third-order valence-electron chi connectivity index (χ3n) is 6.55. The van der Waals surface area contributed by atoms with Crippen LogP contribution in [0.4, 0.5) is 0 Å². The molecule has 0 spiro atoms. The summed E-state index contributed by atoms with van der Waals surface area (Å²) in [5.41, 5.74) is 1.37. The van der Waals surface area contributed by atoms with Gasteiger partial charge in [0.05, 0.1) is 22.3 Å². The van der Waals surface area contributed by atoms with E-state index in [0.29, 0.717) is 24.3 Å². The van der Waals surface area contributed by atoms with Crippen LogP contribution in [0.5, 0.6) is 0 Å². The van der Waals surface area contributed by atoms with Gasteiger partial charge in [0.25, 0.3) is 5.91 Å². The van der Waals surface area contributed by atoms with Gasteiger partial charge in [0.1, 0.15) is 5.82 Å². The van der Waals surface area contributed by atoms with Gasteiger partial charge >= 0.3 is 5.97 Å². The van der Waals surface area contributed by atoms with Crippen LogP contribution in [0.2, 0.25) is 0 Å². The Balaban J connectivity index is 1.69. The number of amides is 1. The number of hydrogen-bond donors (Lipinski definition) is 0. The largest absolute Gasteiger partial charge is 0.453 e. The molecule has 1 fully saturated rings. The fraction of sp³-hybridized carbons (Fsp3) is 0.625. The smallest absolute Gasteiger partial charge is 0.307 e. The zero-order valence-corrected chi connectivity index (χ0v) is 21.8. The van der Waals surface area contributed by atoms with Crippen LogP contribution in [-0.4, -0.2) is 71.3 Å². The van der Waals surface area contributed by atoms with Gasteiger partial charge in [-0.15, -0.1) is 0 Å². The van der Waals surface area contributed by atoms with E-state index in [1.54, 1.807) is 25.1 Å². The highest BCUT2D eigenvalue weighted by atomic mass is 32.2. The number of sulfonamides is 1. The minimum atomic E-state index is -3.57. The summed E-state index contributed by atoms with van der Waals surface area (Å²) in [5.74, 6) is 0.0679. The number of aryl methyl sites for hydroxylation is 2. The van der Waals surface area contributed by atoms with Crippen molar-refractivity contribution in [3.05, 3.63) is 24.0 Å². The van der Waals surface area contributed by atoms with Gasteiger partial charge < -0.3 is 14.2 Å². The van der Waals surface area contributed by atoms with Crippen molar-refractivity contribution in [2.45, 2.75) is 89.4 Å². The van der Waals surface area contributed by atoms with E-state index in [1.165, 1.54) is 14.1 Å². The molecule has 2 aromatic rings. The van der Waals surface area contributed by atoms with Crippen molar-refractivity contribution < 1.29 is 22.7 Å². The van der Waals surface area contributed by atoms with E-state index in [9.17, 15) is 18.0 Å². The lowest BCUT2D eigenvalue weighted by Gasteiger charge is -2.40. The number of likely N-dealkylation sites (tertiary alicyclic amines) is 1. The Bertz CT molecular complexity index is 1150. The summed E-state index contributed by atoms with van der Waals surface area (Å²) in [6, 6.07) is 5.15. The lowest BCUT2D eigenvalue weighted by molar-refractivity contribution is -0.162. The van der Waals surface area contributed by atoms with Gasteiger partial charge in [-0.3, -0.25) is 9.59 Å². The van der Waals surface area contributed by atoms with Crippen LogP contribution in [0.3, 0.4) is 0 Å². The number of aromatic nitrogens is 2. The van der Waals surface area contributed by atoms with Crippen LogP contribution in [0, 0.1) is 0 Å². The van der Waals surface area contributed by atoms with Crippen LogP contribution >= 0.6 is 0 Å². The minimum absolute atomic E-state index is 0.0783. The molecule has 0 bridgehead atoms. The summed E-state index contributed by atoms with van der Waals surface area (Å²) in [6.07, 6.45) is 2.59. The van der Waals surface area contributed by atoms with Crippen LogP contribution in [0.25, 0.3) is 11.0 Å². The molecule has 1 saturated heterocycles. The summed E-state index contributed by atoms with van der Waals surface area (Å²) >= 11 is 0. The lowest BCUT2D eigenvalue weighted by Crippen LogP contribution is -2.51. The molecule has 0 aliphatic carbocycles. The highest BCUT2D eigenvalue weighted by Crippen LogP contribution is 2.25. The number of nitrogens with zero attached hydrogens (tertiary/aromatic N) is 4. The molecular formula is C24H36N4O5S. The summed E-state index contributed by atoms with van der Waals surface area (Å²) in [5, 5.41) is 0. The van der Waals surface area contributed by atoms with E-state index >= 15 is 0 Å². The molecule has 3 rings (SSSR count). The zero-order valence-electron chi connectivity index (χ0n) is 20.9. The zero-order chi connectivity index (χ0) is 25.2. The standard InChI is InChI=1S/C24H36N4O5S/c1-7-27-21-12-11-19(34(31,32)26(5)6)15-20(21)25-22(27)13-14-23(29)33-18(4)24(30)28-16(2)9-8-10-17(28)3/h11-12,15-18H,7-10,13-14H2,1-6H3/t16-,17+,18-/m1/s1. The second-order valence-electron chi connectivity index (χ2n) is 9.22. The number of piperidine rings is 1. The molecule has 1 aromatic heterocycles. The number of fused-ring (bicyclic) bond motifs is 1. The molecule has 0 N–H and O–H groups in total. The summed E-state index contributed by atoms with van der Waals surface area (Å²) in [6.45, 7) is 8.29. The second-order valence-corrected chi connectivity index (χ2v) is 11.4. The molecule has 1 aliphatic heterocycles. The van der Waals surface area contributed by atoms with Crippen LogP contribution in [0.1, 0.15) is 59.2 Å². The number of carbonyl (C=O) groups is 2. The molecule has 34 heavy (non-hydrogen) atoms. The molecule has 0 saturated carbocycles. The quantitative estimate of drug-likeness (QED) is 0.525. The molecule has 2 heterocycles. The van der Waals surface area contributed by atoms with Crippen molar-refractivity contribution in [1.82, 2.24) is 18.8 Å². The van der Waals surface area contributed by atoms with Crippen LogP contribution in [0.15, 0.2) is 23.1 Å². The Hall–Kier alpha value is -2.46. The Morgan fingerprint density at radius 2 is 1.85 bits per heavy atom. The Morgan fingerprint density at radius 1 is 1.21 bits per heavy atom. The topological polar surface area (TPSA) is 102 Å². The number of benzene rings is 1. The predicted molar refractivity (Wildman–Crippen MR) is 130 cm³/mol. The van der Waals surface area contributed by atoms with Crippen molar-refractivity contribution in [1.29, 1.82) is 0 Å². The predicted octanol–water partition coefficient (Wildman–Crippen LogP) is 2.96. The molecule has 1 amide bonds. The van der Waals surface area contributed by atoms with Crippen molar-refractivity contribution in [2.75, 3.05) is 14.1 Å². The summed E-state index contributed by atoms with van der Waals surface area (Å²) in [4.78, 5) is 32.0. The SMILES string of the molecule is CCn1c(CCC(=O)O[C@H](C)C(=O)N2[C@H](C)CCC[C@@H]2C)nc2cc(S(=O)(=O)N(C)C)ccc21. The first kappa shape index (κ1) is 26.2. The van der Waals surface area contributed by atoms with E-state index in [-0.39, 0.29) is 29.3 Å². The van der Waals surface area contributed by atoms with Gasteiger partial charge in [0, 0.05) is 39.1 Å². The van der Waals surface area contributed by atoms with E-state index in [4.69, 9.17) is 4.74 Å². The number of hydrogen-bond acceptors (Lipinski definition) is 6. The molecular weight excluding hydrogens is 456 g/mol. The number of rotatable bonds is 8. The molecule has 3 atom stereocenters. The van der Waals surface area contributed by atoms with E-state index in [2.05, 4.69) is 4.98 Å². The van der Waals surface area contributed by atoms with Crippen molar-refractivity contribution in [2.24, 2.45) is 0 Å². The number of esters is 1. The van der Waals surface area contributed by atoms with Gasteiger partial charge in [-0.1, -0.05) is 0 Å². The second kappa shape index (κ2) is 10.4. The molecule has 1 aromatic carbocycles. The highest BCUT2D eigenvalue weighted by molar-refractivity contribution is 7.89. The number of imidazole rings is 1. The maximum absolute atomic E-state index is 12.9. The summed E-state index contributed by atoms with van der Waals surface area (Å²) in [7, 11) is -0.598. The van der Waals surface area contributed by atoms with E-state index in [0.717, 1.165) is 29.1 Å². The van der Waals surface area contributed by atoms with Gasteiger partial charge in [-0.2, -0.15) is 0 Å². The monoisotopic (exact) mass is 492 g/mol. The first-order chi connectivity index (χ1) is 16.0. The van der Waals surface area contributed by atoms with Gasteiger partial charge in [0.15, 0.2) is 6.10 Å². The first-order valence-corrected chi connectivity index (χ1v) is 13.3. The van der Waals surface area contributed by atoms with Crippen molar-refractivity contribution in [3.63, 3.8) is 0 Å². The third-order valence-corrected chi connectivity index (χ3v) is 8.36. The van der Waals surface area contributed by atoms with Crippen LogP contribution < -0.4 is 0 Å². The molecule has 10 heteroatoms. The van der Waals surface area contributed by atoms with Gasteiger partial charge in [-0.05, 0) is 65.2 Å². The number of ether oxygens (including phenoxy) is 1. The Kier molecular flexibility index (Phi) is 8.02. The summed E-state index contributed by atoms with van der Waals surface area (Å²) < 4.78 is 33.5. The van der Waals surface area contributed by atoms with Crippen LogP contribution in [-0.2, 0) is 37.3 Å². The Morgan fingerprint density at radius 3 is 2.44 bits per heavy atom. The average molecular weight is 493 g/mol. The minimum Gasteiger partial charge on any atom is -0.453 e. The lowest BCUT2D eigenvalue weighted by atomic mass is 9.97. The normalized spacial score (nSPS) is 20.0. The first-order valence-electron chi connectivity index (χ1n) is 11.9. The average Bonchev–Trinajstić information content (AvgIpc) is 3.13. The highest BCUT2D eigenvalue weighted by Gasteiger charge is 2.33. The van der Waals surface area contributed by atoms with E-state index in [1.807, 2.05) is 30.2 Å². The Labute approximate surface area is 202 Å². The molecule has 188 valence electrons. The molecule has 0 radical (unpaired) electrons. The molecule has 0 unspecified atom stereocenters. The molecule has 9 nitrogen and oxygen atoms in total. The van der Waals surface area contributed by atoms with Crippen molar-refractivity contribution >= 4 is 32.9 Å². The van der Waals surface area contributed by atoms with Gasteiger partial charge in [0.2, 0.25) is 10.0 Å². The fourth-order valence-electron chi connectivity index (χ4n) is 4.66. The molecule has 1 aliphatic rings. The van der Waals surface area contributed by atoms with E-state index < -0.39 is 22.1 Å². The third kappa shape index (κ3) is 5.27. The fourth-order valence-corrected chi connectivity index (χ4v) is 5.58. The van der Waals surface area contributed by atoms with Crippen molar-refractivity contribution in [3.8, 4) is 0 Å². The number of carbonyl (C=O) groups excluding carboxylic acids is 2.